The van der Waals surface area contributed by atoms with Gasteiger partial charge in [0.05, 0.1) is 5.92 Å². The Labute approximate surface area is 71.1 Å². The Balaban J connectivity index is 2.64. The topological polar surface area (TPSA) is 0 Å². The first-order valence-corrected chi connectivity index (χ1v) is 4.51. The van der Waals surface area contributed by atoms with E-state index in [1.165, 1.54) is 0 Å². The molecule has 72 valence electrons. The molecule has 1 rings (SSSR count). The number of rotatable bonds is 1. The predicted octanol–water partition coefficient (Wildman–Crippen LogP) is 3.62. The first-order valence-electron chi connectivity index (χ1n) is 4.51. The summed E-state index contributed by atoms with van der Waals surface area (Å²) in [5.74, 6) is -0.904. The van der Waals surface area contributed by atoms with Gasteiger partial charge in [0.1, 0.15) is 0 Å². The SMILES string of the molecule is CCC1CC(C)CC1C(F)(F)F. The summed E-state index contributed by atoms with van der Waals surface area (Å²) in [4.78, 5) is 0. The Hall–Kier alpha value is -0.210. The minimum atomic E-state index is -3.97. The lowest BCUT2D eigenvalue weighted by molar-refractivity contribution is -0.184. The average Bonchev–Trinajstić information content (AvgIpc) is 2.29. The average molecular weight is 180 g/mol. The number of hydrogen-bond acceptors (Lipinski definition) is 0. The molecule has 0 aliphatic heterocycles. The summed E-state index contributed by atoms with van der Waals surface area (Å²) >= 11 is 0. The summed E-state index contributed by atoms with van der Waals surface area (Å²) in [6.07, 6.45) is -2.22. The molecule has 0 radical (unpaired) electrons. The molecule has 0 amide bonds. The van der Waals surface area contributed by atoms with Crippen LogP contribution in [0.1, 0.15) is 33.1 Å². The highest BCUT2D eigenvalue weighted by Gasteiger charge is 2.48. The zero-order valence-corrected chi connectivity index (χ0v) is 7.49. The maximum Gasteiger partial charge on any atom is 0.392 e. The van der Waals surface area contributed by atoms with Gasteiger partial charge in [0, 0.05) is 0 Å². The zero-order chi connectivity index (χ0) is 9.35. The molecule has 1 aliphatic rings. The van der Waals surface area contributed by atoms with Crippen molar-refractivity contribution in [2.75, 3.05) is 0 Å². The maximum absolute atomic E-state index is 12.4. The molecular weight excluding hydrogens is 165 g/mol. The van der Waals surface area contributed by atoms with Crippen molar-refractivity contribution in [2.24, 2.45) is 17.8 Å². The molecule has 3 heteroatoms. The van der Waals surface area contributed by atoms with Gasteiger partial charge in [-0.1, -0.05) is 20.3 Å². The van der Waals surface area contributed by atoms with Crippen LogP contribution < -0.4 is 0 Å². The summed E-state index contributed by atoms with van der Waals surface area (Å²) in [6, 6.07) is 0. The Morgan fingerprint density at radius 2 is 1.83 bits per heavy atom. The molecule has 1 aliphatic carbocycles. The second kappa shape index (κ2) is 3.27. The van der Waals surface area contributed by atoms with Gasteiger partial charge in [0.25, 0.3) is 0 Å². The van der Waals surface area contributed by atoms with Crippen molar-refractivity contribution < 1.29 is 13.2 Å². The van der Waals surface area contributed by atoms with Gasteiger partial charge in [0.15, 0.2) is 0 Å². The van der Waals surface area contributed by atoms with Gasteiger partial charge in [0.2, 0.25) is 0 Å². The third kappa shape index (κ3) is 1.93. The highest BCUT2D eigenvalue weighted by molar-refractivity contribution is 4.85. The summed E-state index contributed by atoms with van der Waals surface area (Å²) in [7, 11) is 0. The van der Waals surface area contributed by atoms with E-state index in [9.17, 15) is 13.2 Å². The molecule has 3 atom stereocenters. The molecule has 0 aromatic heterocycles. The highest BCUT2D eigenvalue weighted by atomic mass is 19.4. The molecular formula is C9H15F3. The molecule has 0 N–H and O–H groups in total. The highest BCUT2D eigenvalue weighted by Crippen LogP contribution is 2.46. The fourth-order valence-electron chi connectivity index (χ4n) is 2.26. The third-order valence-corrected chi connectivity index (χ3v) is 2.88. The zero-order valence-electron chi connectivity index (χ0n) is 7.49. The molecule has 3 unspecified atom stereocenters. The van der Waals surface area contributed by atoms with Gasteiger partial charge in [-0.15, -0.1) is 0 Å². The van der Waals surface area contributed by atoms with Crippen LogP contribution in [0.3, 0.4) is 0 Å². The van der Waals surface area contributed by atoms with Crippen molar-refractivity contribution >= 4 is 0 Å². The van der Waals surface area contributed by atoms with Gasteiger partial charge >= 0.3 is 6.18 Å². The lowest BCUT2D eigenvalue weighted by Gasteiger charge is -2.20. The minimum absolute atomic E-state index is 0.125. The Kier molecular flexibility index (Phi) is 2.69. The van der Waals surface area contributed by atoms with E-state index >= 15 is 0 Å². The van der Waals surface area contributed by atoms with E-state index in [4.69, 9.17) is 0 Å². The summed E-state index contributed by atoms with van der Waals surface area (Å²) in [6.45, 7) is 3.76. The Morgan fingerprint density at radius 3 is 2.17 bits per heavy atom. The molecule has 1 fully saturated rings. The van der Waals surface area contributed by atoms with Crippen LogP contribution in [0.4, 0.5) is 13.2 Å². The van der Waals surface area contributed by atoms with Crippen molar-refractivity contribution in [3.63, 3.8) is 0 Å². The second-order valence-corrected chi connectivity index (χ2v) is 3.89. The van der Waals surface area contributed by atoms with Crippen LogP contribution in [-0.2, 0) is 0 Å². The molecule has 1 saturated carbocycles. The van der Waals surface area contributed by atoms with Crippen LogP contribution >= 0.6 is 0 Å². The van der Waals surface area contributed by atoms with E-state index in [0.717, 1.165) is 6.42 Å². The second-order valence-electron chi connectivity index (χ2n) is 3.89. The van der Waals surface area contributed by atoms with E-state index in [2.05, 4.69) is 0 Å². The van der Waals surface area contributed by atoms with Crippen LogP contribution in [-0.4, -0.2) is 6.18 Å². The minimum Gasteiger partial charge on any atom is -0.171 e. The molecule has 0 heterocycles. The van der Waals surface area contributed by atoms with E-state index in [1.807, 2.05) is 13.8 Å². The van der Waals surface area contributed by atoms with Gasteiger partial charge in [-0.25, -0.2) is 0 Å². The lowest BCUT2D eigenvalue weighted by atomic mass is 9.93. The van der Waals surface area contributed by atoms with Crippen LogP contribution in [0, 0.1) is 17.8 Å². The largest absolute Gasteiger partial charge is 0.392 e. The number of alkyl halides is 3. The normalized spacial score (nSPS) is 37.2. The summed E-state index contributed by atoms with van der Waals surface area (Å²) in [5, 5.41) is 0. The first-order chi connectivity index (χ1) is 5.45. The quantitative estimate of drug-likeness (QED) is 0.578. The van der Waals surface area contributed by atoms with E-state index in [-0.39, 0.29) is 11.8 Å². The molecule has 0 bridgehead atoms. The van der Waals surface area contributed by atoms with Crippen LogP contribution in [0.15, 0.2) is 0 Å². The van der Waals surface area contributed by atoms with Crippen molar-refractivity contribution in [2.45, 2.75) is 39.3 Å². The van der Waals surface area contributed by atoms with Crippen LogP contribution in [0.5, 0.6) is 0 Å². The molecule has 0 nitrogen and oxygen atoms in total. The van der Waals surface area contributed by atoms with Gasteiger partial charge in [-0.05, 0) is 24.7 Å². The fraction of sp³-hybridized carbons (Fsp3) is 1.00. The summed E-state index contributed by atoms with van der Waals surface area (Å²) in [5.41, 5.74) is 0. The van der Waals surface area contributed by atoms with Crippen molar-refractivity contribution in [3.05, 3.63) is 0 Å². The van der Waals surface area contributed by atoms with Crippen molar-refractivity contribution in [1.29, 1.82) is 0 Å². The van der Waals surface area contributed by atoms with Crippen LogP contribution in [0.2, 0.25) is 0 Å². The standard InChI is InChI=1S/C9H15F3/c1-3-7-4-6(2)5-8(7)9(10,11)12/h6-8H,3-5H2,1-2H3. The van der Waals surface area contributed by atoms with Gasteiger partial charge < -0.3 is 0 Å². The van der Waals surface area contributed by atoms with E-state index in [0.29, 0.717) is 12.8 Å². The Morgan fingerprint density at radius 1 is 1.25 bits per heavy atom. The smallest absolute Gasteiger partial charge is 0.171 e. The predicted molar refractivity (Wildman–Crippen MR) is 41.7 cm³/mol. The van der Waals surface area contributed by atoms with Gasteiger partial charge in [-0.2, -0.15) is 13.2 Å². The first kappa shape index (κ1) is 9.87. The van der Waals surface area contributed by atoms with Crippen LogP contribution in [0.25, 0.3) is 0 Å². The fourth-order valence-corrected chi connectivity index (χ4v) is 2.26. The molecule has 0 saturated heterocycles. The van der Waals surface area contributed by atoms with Crippen molar-refractivity contribution in [3.8, 4) is 0 Å². The number of halogens is 3. The monoisotopic (exact) mass is 180 g/mol. The molecule has 0 aromatic rings. The summed E-state index contributed by atoms with van der Waals surface area (Å²) < 4.78 is 37.1. The number of hydrogen-bond donors (Lipinski definition) is 0. The molecule has 0 spiro atoms. The lowest BCUT2D eigenvalue weighted by Crippen LogP contribution is -2.25. The van der Waals surface area contributed by atoms with E-state index in [1.54, 1.807) is 0 Å². The molecule has 0 aromatic carbocycles. The Bertz CT molecular complexity index is 150. The van der Waals surface area contributed by atoms with Crippen molar-refractivity contribution in [1.82, 2.24) is 0 Å². The van der Waals surface area contributed by atoms with Gasteiger partial charge in [-0.3, -0.25) is 0 Å². The maximum atomic E-state index is 12.4. The molecule has 12 heavy (non-hydrogen) atoms. The third-order valence-electron chi connectivity index (χ3n) is 2.88. The van der Waals surface area contributed by atoms with E-state index < -0.39 is 12.1 Å².